The van der Waals surface area contributed by atoms with Crippen LogP contribution in [0.1, 0.15) is 11.1 Å². The van der Waals surface area contributed by atoms with Crippen LogP contribution in [0, 0.1) is 18.3 Å². The quantitative estimate of drug-likeness (QED) is 0.925. The molecule has 4 heteroatoms. The summed E-state index contributed by atoms with van der Waals surface area (Å²) >= 11 is 0. The molecule has 4 nitrogen and oxygen atoms in total. The normalized spacial score (nSPS) is 9.60. The third kappa shape index (κ3) is 3.59. The highest BCUT2D eigenvalue weighted by atomic mass is 16.5. The second-order valence-electron chi connectivity index (χ2n) is 4.29. The van der Waals surface area contributed by atoms with Crippen LogP contribution in [0.3, 0.4) is 0 Å². The molecule has 0 aromatic heterocycles. The molecule has 0 saturated heterocycles. The third-order valence-corrected chi connectivity index (χ3v) is 2.77. The molecule has 0 aliphatic heterocycles. The van der Waals surface area contributed by atoms with Crippen LogP contribution in [0.2, 0.25) is 0 Å². The standard InChI is InChI=1S/C16H14N2O2/c1-12-4-2-3-5-15(12)18-16(19)11-20-14-8-6-13(10-17)7-9-14/h2-9H,11H2,1H3,(H,18,19). The Bertz CT molecular complexity index is 642. The lowest BCUT2D eigenvalue weighted by atomic mass is 10.2. The van der Waals surface area contributed by atoms with Gasteiger partial charge in [0, 0.05) is 5.69 Å². The van der Waals surface area contributed by atoms with Crippen molar-refractivity contribution in [2.24, 2.45) is 0 Å². The van der Waals surface area contributed by atoms with Gasteiger partial charge >= 0.3 is 0 Å². The number of carbonyl (C=O) groups is 1. The van der Waals surface area contributed by atoms with E-state index in [0.717, 1.165) is 11.3 Å². The average molecular weight is 266 g/mol. The zero-order valence-corrected chi connectivity index (χ0v) is 11.1. The molecule has 0 radical (unpaired) electrons. The topological polar surface area (TPSA) is 62.1 Å². The van der Waals surface area contributed by atoms with E-state index in [2.05, 4.69) is 5.32 Å². The summed E-state index contributed by atoms with van der Waals surface area (Å²) in [6.07, 6.45) is 0. The summed E-state index contributed by atoms with van der Waals surface area (Å²) in [6.45, 7) is 1.86. The Morgan fingerprint density at radius 3 is 2.55 bits per heavy atom. The number of nitrogens with one attached hydrogen (secondary N) is 1. The Labute approximate surface area is 117 Å². The molecule has 0 spiro atoms. The van der Waals surface area contributed by atoms with Crippen LogP contribution in [0.15, 0.2) is 48.5 Å². The number of amides is 1. The molecule has 2 aromatic carbocycles. The molecule has 1 amide bonds. The lowest BCUT2D eigenvalue weighted by molar-refractivity contribution is -0.118. The molecule has 0 bridgehead atoms. The number of rotatable bonds is 4. The summed E-state index contributed by atoms with van der Waals surface area (Å²) in [5, 5.41) is 11.5. The van der Waals surface area contributed by atoms with Crippen molar-refractivity contribution in [3.05, 3.63) is 59.7 Å². The van der Waals surface area contributed by atoms with Crippen molar-refractivity contribution in [3.8, 4) is 11.8 Å². The first-order valence-corrected chi connectivity index (χ1v) is 6.17. The molecule has 0 saturated carbocycles. The summed E-state index contributed by atoms with van der Waals surface area (Å²) in [5.74, 6) is 0.340. The smallest absolute Gasteiger partial charge is 0.262 e. The van der Waals surface area contributed by atoms with Crippen LogP contribution in [0.5, 0.6) is 5.75 Å². The summed E-state index contributed by atoms with van der Waals surface area (Å²) in [6, 6.07) is 16.2. The van der Waals surface area contributed by atoms with Gasteiger partial charge < -0.3 is 10.1 Å². The van der Waals surface area contributed by atoms with Gasteiger partial charge in [-0.25, -0.2) is 0 Å². The maximum absolute atomic E-state index is 11.8. The molecule has 2 aromatic rings. The van der Waals surface area contributed by atoms with Crippen LogP contribution in [-0.2, 0) is 4.79 Å². The minimum atomic E-state index is -0.219. The Kier molecular flexibility index (Phi) is 4.35. The minimum Gasteiger partial charge on any atom is -0.484 e. The number of benzene rings is 2. The summed E-state index contributed by atoms with van der Waals surface area (Å²) in [5.41, 5.74) is 2.34. The second-order valence-corrected chi connectivity index (χ2v) is 4.29. The molecular weight excluding hydrogens is 252 g/mol. The predicted octanol–water partition coefficient (Wildman–Crippen LogP) is 2.88. The molecule has 2 rings (SSSR count). The number of anilines is 1. The zero-order valence-electron chi connectivity index (χ0n) is 11.1. The van der Waals surface area contributed by atoms with Crippen molar-refractivity contribution >= 4 is 11.6 Å². The summed E-state index contributed by atoms with van der Waals surface area (Å²) in [4.78, 5) is 11.8. The number of para-hydroxylation sites is 1. The Hall–Kier alpha value is -2.80. The number of hydrogen-bond acceptors (Lipinski definition) is 3. The van der Waals surface area contributed by atoms with Gasteiger partial charge in [-0.2, -0.15) is 5.26 Å². The predicted molar refractivity (Wildman–Crippen MR) is 76.5 cm³/mol. The van der Waals surface area contributed by atoms with E-state index in [-0.39, 0.29) is 12.5 Å². The molecule has 0 atom stereocenters. The number of aryl methyl sites for hydroxylation is 1. The van der Waals surface area contributed by atoms with Gasteiger partial charge in [0.05, 0.1) is 11.6 Å². The third-order valence-electron chi connectivity index (χ3n) is 2.77. The minimum absolute atomic E-state index is 0.0692. The molecule has 100 valence electrons. The largest absolute Gasteiger partial charge is 0.484 e. The van der Waals surface area contributed by atoms with Crippen molar-refractivity contribution < 1.29 is 9.53 Å². The Balaban J connectivity index is 1.89. The van der Waals surface area contributed by atoms with Crippen LogP contribution < -0.4 is 10.1 Å². The fourth-order valence-corrected chi connectivity index (χ4v) is 1.67. The SMILES string of the molecule is Cc1ccccc1NC(=O)COc1ccc(C#N)cc1. The zero-order chi connectivity index (χ0) is 14.4. The molecule has 0 aliphatic rings. The lowest BCUT2D eigenvalue weighted by Gasteiger charge is -2.09. The van der Waals surface area contributed by atoms with Crippen molar-refractivity contribution in [2.75, 3.05) is 11.9 Å². The van der Waals surface area contributed by atoms with Gasteiger partial charge in [-0.05, 0) is 42.8 Å². The van der Waals surface area contributed by atoms with E-state index in [9.17, 15) is 4.79 Å². The van der Waals surface area contributed by atoms with E-state index in [1.807, 2.05) is 37.3 Å². The fraction of sp³-hybridized carbons (Fsp3) is 0.125. The van der Waals surface area contributed by atoms with Crippen LogP contribution in [0.4, 0.5) is 5.69 Å². The second kappa shape index (κ2) is 6.39. The van der Waals surface area contributed by atoms with Crippen molar-refractivity contribution in [1.29, 1.82) is 5.26 Å². The van der Waals surface area contributed by atoms with Crippen LogP contribution >= 0.6 is 0 Å². The van der Waals surface area contributed by atoms with Crippen LogP contribution in [0.25, 0.3) is 0 Å². The maximum atomic E-state index is 11.8. The molecular formula is C16H14N2O2. The highest BCUT2D eigenvalue weighted by Gasteiger charge is 2.05. The highest BCUT2D eigenvalue weighted by molar-refractivity contribution is 5.92. The number of ether oxygens (including phenoxy) is 1. The van der Waals surface area contributed by atoms with Gasteiger partial charge in [0.2, 0.25) is 0 Å². The first-order chi connectivity index (χ1) is 9.69. The lowest BCUT2D eigenvalue weighted by Crippen LogP contribution is -2.20. The molecule has 0 aliphatic carbocycles. The van der Waals surface area contributed by atoms with Crippen LogP contribution in [-0.4, -0.2) is 12.5 Å². The highest BCUT2D eigenvalue weighted by Crippen LogP contribution is 2.14. The molecule has 20 heavy (non-hydrogen) atoms. The van der Waals surface area contributed by atoms with E-state index in [1.54, 1.807) is 24.3 Å². The average Bonchev–Trinajstić information content (AvgIpc) is 2.48. The van der Waals surface area contributed by atoms with E-state index >= 15 is 0 Å². The first kappa shape index (κ1) is 13.6. The van der Waals surface area contributed by atoms with E-state index in [4.69, 9.17) is 10.00 Å². The van der Waals surface area contributed by atoms with Crippen molar-refractivity contribution in [2.45, 2.75) is 6.92 Å². The van der Waals surface area contributed by atoms with Gasteiger partial charge in [0.15, 0.2) is 6.61 Å². The van der Waals surface area contributed by atoms with E-state index in [0.29, 0.717) is 11.3 Å². The monoisotopic (exact) mass is 266 g/mol. The number of nitrogens with zero attached hydrogens (tertiary/aromatic N) is 1. The van der Waals surface area contributed by atoms with Gasteiger partial charge in [0.25, 0.3) is 5.91 Å². The molecule has 0 heterocycles. The van der Waals surface area contributed by atoms with Gasteiger partial charge in [-0.1, -0.05) is 18.2 Å². The number of nitriles is 1. The number of carbonyl (C=O) groups excluding carboxylic acids is 1. The van der Waals surface area contributed by atoms with Gasteiger partial charge in [0.1, 0.15) is 5.75 Å². The summed E-state index contributed by atoms with van der Waals surface area (Å²) in [7, 11) is 0. The fourth-order valence-electron chi connectivity index (χ4n) is 1.67. The first-order valence-electron chi connectivity index (χ1n) is 6.17. The molecule has 1 N–H and O–H groups in total. The Morgan fingerprint density at radius 1 is 1.20 bits per heavy atom. The molecule has 0 unspecified atom stereocenters. The van der Waals surface area contributed by atoms with Crippen molar-refractivity contribution in [3.63, 3.8) is 0 Å². The van der Waals surface area contributed by atoms with Gasteiger partial charge in [-0.15, -0.1) is 0 Å². The van der Waals surface area contributed by atoms with Crippen molar-refractivity contribution in [1.82, 2.24) is 0 Å². The number of hydrogen-bond donors (Lipinski definition) is 1. The molecule has 0 fully saturated rings. The van der Waals surface area contributed by atoms with E-state index in [1.165, 1.54) is 0 Å². The van der Waals surface area contributed by atoms with Gasteiger partial charge in [-0.3, -0.25) is 4.79 Å². The van der Waals surface area contributed by atoms with E-state index < -0.39 is 0 Å². The summed E-state index contributed by atoms with van der Waals surface area (Å²) < 4.78 is 5.36. The Morgan fingerprint density at radius 2 is 1.90 bits per heavy atom. The maximum Gasteiger partial charge on any atom is 0.262 e.